The standard InChI is InChI=1S/C19H23BClN5/c1-3-25(4-2)11-7-10-22-18-12-17(14-8-5-6-9-16(14)21)24-19-15(20)13-23-26(18)19/h5-6,8-9,12-13,22H,3-4,7,10-11H2,1-2H3. The van der Waals surface area contributed by atoms with Gasteiger partial charge in [-0.2, -0.15) is 9.61 Å². The summed E-state index contributed by atoms with van der Waals surface area (Å²) in [5.41, 5.74) is 2.84. The zero-order chi connectivity index (χ0) is 18.5. The number of halogens is 1. The van der Waals surface area contributed by atoms with Gasteiger partial charge >= 0.3 is 0 Å². The van der Waals surface area contributed by atoms with Gasteiger partial charge in [-0.15, -0.1) is 0 Å². The fourth-order valence-electron chi connectivity index (χ4n) is 2.97. The number of hydrogen-bond acceptors (Lipinski definition) is 4. The van der Waals surface area contributed by atoms with E-state index >= 15 is 0 Å². The van der Waals surface area contributed by atoms with E-state index in [4.69, 9.17) is 19.4 Å². The molecule has 3 aromatic rings. The molecule has 134 valence electrons. The van der Waals surface area contributed by atoms with E-state index in [0.29, 0.717) is 16.1 Å². The summed E-state index contributed by atoms with van der Waals surface area (Å²) in [6, 6.07) is 9.64. The van der Waals surface area contributed by atoms with Crippen molar-refractivity contribution >= 4 is 36.4 Å². The molecule has 0 atom stereocenters. The average Bonchev–Trinajstić information content (AvgIpc) is 3.03. The van der Waals surface area contributed by atoms with Crippen LogP contribution in [0.5, 0.6) is 0 Å². The molecule has 0 amide bonds. The van der Waals surface area contributed by atoms with E-state index in [2.05, 4.69) is 34.1 Å². The molecule has 5 nitrogen and oxygen atoms in total. The van der Waals surface area contributed by atoms with Crippen LogP contribution in [0.1, 0.15) is 20.3 Å². The van der Waals surface area contributed by atoms with Gasteiger partial charge in [0.25, 0.3) is 0 Å². The molecule has 0 aliphatic heterocycles. The van der Waals surface area contributed by atoms with Crippen molar-refractivity contribution in [3.05, 3.63) is 41.6 Å². The Morgan fingerprint density at radius 3 is 2.73 bits per heavy atom. The molecule has 0 saturated carbocycles. The molecule has 2 heterocycles. The number of fused-ring (bicyclic) bond motifs is 1. The minimum absolute atomic E-state index is 0.546. The van der Waals surface area contributed by atoms with Crippen LogP contribution in [0.25, 0.3) is 16.9 Å². The average molecular weight is 368 g/mol. The van der Waals surface area contributed by atoms with Crippen molar-refractivity contribution in [3.63, 3.8) is 0 Å². The molecule has 0 saturated heterocycles. The maximum atomic E-state index is 6.35. The molecule has 0 spiro atoms. The summed E-state index contributed by atoms with van der Waals surface area (Å²) < 4.78 is 1.74. The number of anilines is 1. The fraction of sp³-hybridized carbons (Fsp3) is 0.368. The van der Waals surface area contributed by atoms with Crippen LogP contribution in [0.15, 0.2) is 36.5 Å². The molecular weight excluding hydrogens is 345 g/mol. The fourth-order valence-corrected chi connectivity index (χ4v) is 3.20. The van der Waals surface area contributed by atoms with Gasteiger partial charge in [0.15, 0.2) is 5.65 Å². The number of benzene rings is 1. The van der Waals surface area contributed by atoms with Crippen LogP contribution in [0, 0.1) is 0 Å². The lowest BCUT2D eigenvalue weighted by Gasteiger charge is -2.18. The maximum absolute atomic E-state index is 6.35. The van der Waals surface area contributed by atoms with Crippen molar-refractivity contribution in [1.82, 2.24) is 19.5 Å². The summed E-state index contributed by atoms with van der Waals surface area (Å²) in [5, 5.41) is 8.48. The van der Waals surface area contributed by atoms with E-state index < -0.39 is 0 Å². The van der Waals surface area contributed by atoms with E-state index in [0.717, 1.165) is 49.7 Å². The largest absolute Gasteiger partial charge is 0.370 e. The van der Waals surface area contributed by atoms with E-state index in [9.17, 15) is 0 Å². The molecule has 0 bridgehead atoms. The Labute approximate surface area is 160 Å². The van der Waals surface area contributed by atoms with Crippen molar-refractivity contribution in [3.8, 4) is 11.3 Å². The van der Waals surface area contributed by atoms with E-state index in [-0.39, 0.29) is 0 Å². The normalized spacial score (nSPS) is 11.4. The van der Waals surface area contributed by atoms with Crippen molar-refractivity contribution in [2.75, 3.05) is 31.5 Å². The molecule has 2 radical (unpaired) electrons. The van der Waals surface area contributed by atoms with Crippen LogP contribution < -0.4 is 10.8 Å². The van der Waals surface area contributed by atoms with Crippen molar-refractivity contribution < 1.29 is 0 Å². The van der Waals surface area contributed by atoms with E-state index in [1.165, 1.54) is 0 Å². The van der Waals surface area contributed by atoms with Gasteiger partial charge in [-0.05, 0) is 37.6 Å². The van der Waals surface area contributed by atoms with Gasteiger partial charge in [0.1, 0.15) is 13.7 Å². The number of nitrogens with zero attached hydrogens (tertiary/aromatic N) is 4. The molecule has 7 heteroatoms. The Hall–Kier alpha value is -2.05. The number of nitrogens with one attached hydrogen (secondary N) is 1. The van der Waals surface area contributed by atoms with Gasteiger partial charge in [-0.1, -0.05) is 43.6 Å². The summed E-state index contributed by atoms with van der Waals surface area (Å²) in [5.74, 6) is 0.862. The zero-order valence-corrected chi connectivity index (χ0v) is 16.0. The molecule has 3 rings (SSSR count). The molecule has 0 fully saturated rings. The Balaban J connectivity index is 1.86. The zero-order valence-electron chi connectivity index (χ0n) is 15.2. The summed E-state index contributed by atoms with van der Waals surface area (Å²) >= 11 is 6.35. The first-order valence-electron chi connectivity index (χ1n) is 8.99. The summed E-state index contributed by atoms with van der Waals surface area (Å²) in [4.78, 5) is 7.06. The highest BCUT2D eigenvalue weighted by Crippen LogP contribution is 2.28. The van der Waals surface area contributed by atoms with Crippen molar-refractivity contribution in [1.29, 1.82) is 0 Å². The molecule has 0 aliphatic rings. The second kappa shape index (κ2) is 8.56. The van der Waals surface area contributed by atoms with Gasteiger partial charge in [0.05, 0.1) is 5.69 Å². The Kier molecular flexibility index (Phi) is 6.17. The molecule has 0 aliphatic carbocycles. The highest BCUT2D eigenvalue weighted by atomic mass is 35.5. The van der Waals surface area contributed by atoms with Crippen LogP contribution in [-0.4, -0.2) is 53.5 Å². The first kappa shape index (κ1) is 18.7. The first-order valence-corrected chi connectivity index (χ1v) is 9.37. The predicted molar refractivity (Wildman–Crippen MR) is 110 cm³/mol. The second-order valence-corrected chi connectivity index (χ2v) is 6.56. The highest BCUT2D eigenvalue weighted by molar-refractivity contribution is 6.36. The number of hydrogen-bond donors (Lipinski definition) is 1. The second-order valence-electron chi connectivity index (χ2n) is 6.15. The van der Waals surface area contributed by atoms with Crippen LogP contribution in [-0.2, 0) is 0 Å². The summed E-state index contributed by atoms with van der Waals surface area (Å²) in [7, 11) is 6.05. The predicted octanol–water partition coefficient (Wildman–Crippen LogP) is 2.99. The van der Waals surface area contributed by atoms with E-state index in [1.807, 2.05) is 30.3 Å². The topological polar surface area (TPSA) is 45.5 Å². The molecule has 2 aromatic heterocycles. The molecular formula is C19H23BClN5. The highest BCUT2D eigenvalue weighted by Gasteiger charge is 2.12. The summed E-state index contributed by atoms with van der Waals surface area (Å²) in [6.07, 6.45) is 2.67. The van der Waals surface area contributed by atoms with Gasteiger partial charge in [-0.3, -0.25) is 0 Å². The molecule has 1 N–H and O–H groups in total. The quantitative estimate of drug-likeness (QED) is 0.491. The van der Waals surface area contributed by atoms with Crippen LogP contribution in [0.4, 0.5) is 5.82 Å². The smallest absolute Gasteiger partial charge is 0.150 e. The summed E-state index contributed by atoms with van der Waals surface area (Å²) in [6.45, 7) is 8.42. The molecule has 0 unspecified atom stereocenters. The lowest BCUT2D eigenvalue weighted by molar-refractivity contribution is 0.303. The minimum Gasteiger partial charge on any atom is -0.370 e. The van der Waals surface area contributed by atoms with Gasteiger partial charge in [0, 0.05) is 29.4 Å². The Morgan fingerprint density at radius 2 is 2.00 bits per heavy atom. The van der Waals surface area contributed by atoms with Gasteiger partial charge in [-0.25, -0.2) is 4.98 Å². The lowest BCUT2D eigenvalue weighted by Crippen LogP contribution is -2.25. The third-order valence-electron chi connectivity index (χ3n) is 4.50. The van der Waals surface area contributed by atoms with Crippen molar-refractivity contribution in [2.45, 2.75) is 20.3 Å². The third kappa shape index (κ3) is 4.02. The van der Waals surface area contributed by atoms with Crippen LogP contribution in [0.3, 0.4) is 0 Å². The van der Waals surface area contributed by atoms with Gasteiger partial charge < -0.3 is 10.2 Å². The SMILES string of the molecule is [B]c1cnn2c(NCCCN(CC)CC)cc(-c3ccccc3Cl)nc12. The van der Waals surface area contributed by atoms with Crippen LogP contribution >= 0.6 is 11.6 Å². The molecule has 1 aromatic carbocycles. The number of aromatic nitrogens is 3. The maximum Gasteiger partial charge on any atom is 0.150 e. The molecule has 26 heavy (non-hydrogen) atoms. The third-order valence-corrected chi connectivity index (χ3v) is 4.83. The lowest BCUT2D eigenvalue weighted by atomic mass is 10.0. The van der Waals surface area contributed by atoms with Crippen LogP contribution in [0.2, 0.25) is 5.02 Å². The monoisotopic (exact) mass is 367 g/mol. The Morgan fingerprint density at radius 1 is 1.23 bits per heavy atom. The van der Waals surface area contributed by atoms with Crippen molar-refractivity contribution in [2.24, 2.45) is 0 Å². The number of rotatable bonds is 8. The first-order chi connectivity index (χ1) is 12.6. The minimum atomic E-state index is 0.546. The van der Waals surface area contributed by atoms with Gasteiger partial charge in [0.2, 0.25) is 0 Å². The van der Waals surface area contributed by atoms with E-state index in [1.54, 1.807) is 10.7 Å². The Bertz CT molecular complexity index is 875.